The third-order valence-corrected chi connectivity index (χ3v) is 1.80. The monoisotopic (exact) mass is 215 g/mol. The minimum Gasteiger partial charge on any atom is -0.481 e. The highest BCUT2D eigenvalue weighted by atomic mass is 79.9. The molecular formula is C8H10BrNO. The second kappa shape index (κ2) is 4.34. The Morgan fingerprint density at radius 1 is 1.64 bits per heavy atom. The van der Waals surface area contributed by atoms with Crippen molar-refractivity contribution in [2.24, 2.45) is 0 Å². The summed E-state index contributed by atoms with van der Waals surface area (Å²) in [5.41, 5.74) is 1.15. The van der Waals surface area contributed by atoms with Gasteiger partial charge in [0.1, 0.15) is 0 Å². The molecule has 0 spiro atoms. The normalized spacial score (nSPS) is 9.64. The Hall–Kier alpha value is -0.570. The highest BCUT2D eigenvalue weighted by Crippen LogP contribution is 2.14. The zero-order valence-electron chi connectivity index (χ0n) is 6.38. The Bertz CT molecular complexity index is 227. The van der Waals surface area contributed by atoms with Gasteiger partial charge in [-0.2, -0.15) is 0 Å². The molecule has 1 aromatic heterocycles. The maximum atomic E-state index is 5.07. The molecule has 0 aliphatic heterocycles. The Morgan fingerprint density at radius 3 is 3.09 bits per heavy atom. The van der Waals surface area contributed by atoms with Crippen LogP contribution in [-0.4, -0.2) is 17.4 Å². The average molecular weight is 216 g/mol. The first-order chi connectivity index (χ1) is 5.38. The predicted molar refractivity (Wildman–Crippen MR) is 48.3 cm³/mol. The maximum absolute atomic E-state index is 5.07. The van der Waals surface area contributed by atoms with Crippen LogP contribution in [0.1, 0.15) is 5.56 Å². The van der Waals surface area contributed by atoms with Crippen molar-refractivity contribution < 1.29 is 4.74 Å². The summed E-state index contributed by atoms with van der Waals surface area (Å²) in [7, 11) is 1.64. The molecule has 11 heavy (non-hydrogen) atoms. The van der Waals surface area contributed by atoms with E-state index in [-0.39, 0.29) is 0 Å². The molecule has 0 N–H and O–H groups in total. The second-order valence-corrected chi connectivity index (χ2v) is 2.90. The van der Waals surface area contributed by atoms with Crippen LogP contribution in [0.2, 0.25) is 0 Å². The minimum absolute atomic E-state index is 0.729. The Balaban J connectivity index is 2.83. The number of aromatic nitrogens is 1. The van der Waals surface area contributed by atoms with Crippen LogP contribution in [0.3, 0.4) is 0 Å². The van der Waals surface area contributed by atoms with Crippen molar-refractivity contribution >= 4 is 15.9 Å². The SMILES string of the molecule is COc1ncccc1CCBr. The van der Waals surface area contributed by atoms with Crippen LogP contribution in [0.15, 0.2) is 18.3 Å². The number of alkyl halides is 1. The highest BCUT2D eigenvalue weighted by molar-refractivity contribution is 9.09. The summed E-state index contributed by atoms with van der Waals surface area (Å²) in [6.45, 7) is 0. The van der Waals surface area contributed by atoms with Crippen molar-refractivity contribution in [1.82, 2.24) is 4.98 Å². The second-order valence-electron chi connectivity index (χ2n) is 2.11. The number of nitrogens with zero attached hydrogens (tertiary/aromatic N) is 1. The molecule has 0 saturated heterocycles. The average Bonchev–Trinajstić information content (AvgIpc) is 2.06. The summed E-state index contributed by atoms with van der Waals surface area (Å²) in [6, 6.07) is 3.94. The van der Waals surface area contributed by atoms with E-state index in [2.05, 4.69) is 20.9 Å². The topological polar surface area (TPSA) is 22.1 Å². The maximum Gasteiger partial charge on any atom is 0.216 e. The van der Waals surface area contributed by atoms with Gasteiger partial charge < -0.3 is 4.74 Å². The number of rotatable bonds is 3. The van der Waals surface area contributed by atoms with Crippen LogP contribution in [0, 0.1) is 0 Å². The first-order valence-corrected chi connectivity index (χ1v) is 4.54. The van der Waals surface area contributed by atoms with E-state index < -0.39 is 0 Å². The van der Waals surface area contributed by atoms with E-state index in [9.17, 15) is 0 Å². The van der Waals surface area contributed by atoms with Crippen molar-refractivity contribution in [3.63, 3.8) is 0 Å². The zero-order valence-corrected chi connectivity index (χ0v) is 7.97. The molecule has 3 heteroatoms. The largest absolute Gasteiger partial charge is 0.481 e. The smallest absolute Gasteiger partial charge is 0.216 e. The molecule has 0 radical (unpaired) electrons. The van der Waals surface area contributed by atoms with E-state index in [1.807, 2.05) is 12.1 Å². The van der Waals surface area contributed by atoms with Crippen LogP contribution in [0.4, 0.5) is 0 Å². The number of hydrogen-bond donors (Lipinski definition) is 0. The first kappa shape index (κ1) is 8.53. The van der Waals surface area contributed by atoms with E-state index >= 15 is 0 Å². The molecule has 0 saturated carbocycles. The third-order valence-electron chi connectivity index (χ3n) is 1.41. The number of aryl methyl sites for hydroxylation is 1. The van der Waals surface area contributed by atoms with Crippen LogP contribution in [-0.2, 0) is 6.42 Å². The molecule has 0 bridgehead atoms. The zero-order chi connectivity index (χ0) is 8.10. The molecule has 1 heterocycles. The Morgan fingerprint density at radius 2 is 2.45 bits per heavy atom. The van der Waals surface area contributed by atoms with Gasteiger partial charge >= 0.3 is 0 Å². The molecule has 0 fully saturated rings. The number of methoxy groups -OCH3 is 1. The fourth-order valence-corrected chi connectivity index (χ4v) is 1.33. The fraction of sp³-hybridized carbons (Fsp3) is 0.375. The molecule has 0 unspecified atom stereocenters. The minimum atomic E-state index is 0.729. The van der Waals surface area contributed by atoms with Crippen LogP contribution < -0.4 is 4.74 Å². The molecule has 0 aromatic carbocycles. The fourth-order valence-electron chi connectivity index (χ4n) is 0.900. The van der Waals surface area contributed by atoms with Gasteiger partial charge in [0.15, 0.2) is 0 Å². The third kappa shape index (κ3) is 2.19. The number of pyridine rings is 1. The summed E-state index contributed by atoms with van der Waals surface area (Å²) < 4.78 is 5.07. The molecule has 2 nitrogen and oxygen atoms in total. The molecule has 0 aliphatic carbocycles. The number of hydrogen-bond acceptors (Lipinski definition) is 2. The van der Waals surface area contributed by atoms with Crippen molar-refractivity contribution in [3.8, 4) is 5.88 Å². The van der Waals surface area contributed by atoms with Gasteiger partial charge in [-0.05, 0) is 12.5 Å². The summed E-state index contributed by atoms with van der Waals surface area (Å²) in [6.07, 6.45) is 2.69. The van der Waals surface area contributed by atoms with E-state index in [0.717, 1.165) is 23.2 Å². The van der Waals surface area contributed by atoms with Gasteiger partial charge in [-0.15, -0.1) is 0 Å². The molecule has 1 aromatic rings. The van der Waals surface area contributed by atoms with Crippen LogP contribution in [0.25, 0.3) is 0 Å². The van der Waals surface area contributed by atoms with Gasteiger partial charge in [0.25, 0.3) is 0 Å². The summed E-state index contributed by atoms with van der Waals surface area (Å²) in [5.74, 6) is 0.729. The van der Waals surface area contributed by atoms with Crippen molar-refractivity contribution in [1.29, 1.82) is 0 Å². The van der Waals surface area contributed by atoms with Crippen molar-refractivity contribution in [2.75, 3.05) is 12.4 Å². The lowest BCUT2D eigenvalue weighted by molar-refractivity contribution is 0.393. The Kier molecular flexibility index (Phi) is 3.36. The predicted octanol–water partition coefficient (Wildman–Crippen LogP) is 2.03. The lowest BCUT2D eigenvalue weighted by atomic mass is 10.2. The molecule has 0 atom stereocenters. The number of ether oxygens (including phenoxy) is 1. The molecular weight excluding hydrogens is 206 g/mol. The van der Waals surface area contributed by atoms with Crippen molar-refractivity contribution in [2.45, 2.75) is 6.42 Å². The highest BCUT2D eigenvalue weighted by Gasteiger charge is 2.00. The van der Waals surface area contributed by atoms with E-state index in [4.69, 9.17) is 4.74 Å². The van der Waals surface area contributed by atoms with E-state index in [1.54, 1.807) is 13.3 Å². The van der Waals surface area contributed by atoms with Crippen molar-refractivity contribution in [3.05, 3.63) is 23.9 Å². The van der Waals surface area contributed by atoms with Crippen LogP contribution >= 0.6 is 15.9 Å². The van der Waals surface area contributed by atoms with Gasteiger partial charge in [0.05, 0.1) is 7.11 Å². The summed E-state index contributed by atoms with van der Waals surface area (Å²) >= 11 is 3.37. The standard InChI is InChI=1S/C8H10BrNO/c1-11-8-7(4-5-9)3-2-6-10-8/h2-3,6H,4-5H2,1H3. The Labute approximate surface area is 74.7 Å². The molecule has 0 amide bonds. The molecule has 60 valence electrons. The lowest BCUT2D eigenvalue weighted by Crippen LogP contribution is -1.94. The van der Waals surface area contributed by atoms with Gasteiger partial charge in [-0.1, -0.05) is 22.0 Å². The number of halogens is 1. The lowest BCUT2D eigenvalue weighted by Gasteiger charge is -2.03. The first-order valence-electron chi connectivity index (χ1n) is 3.42. The molecule has 0 aliphatic rings. The van der Waals surface area contributed by atoms with Crippen LogP contribution in [0.5, 0.6) is 5.88 Å². The van der Waals surface area contributed by atoms with Gasteiger partial charge in [-0.25, -0.2) is 4.98 Å². The summed E-state index contributed by atoms with van der Waals surface area (Å²) in [4.78, 5) is 4.07. The van der Waals surface area contributed by atoms with Gasteiger partial charge in [0, 0.05) is 17.1 Å². The van der Waals surface area contributed by atoms with E-state index in [0.29, 0.717) is 0 Å². The quantitative estimate of drug-likeness (QED) is 0.721. The molecule has 1 rings (SSSR count). The van der Waals surface area contributed by atoms with E-state index in [1.165, 1.54) is 0 Å². The van der Waals surface area contributed by atoms with Gasteiger partial charge in [-0.3, -0.25) is 0 Å². The summed E-state index contributed by atoms with van der Waals surface area (Å²) in [5, 5.41) is 0.940. The van der Waals surface area contributed by atoms with Gasteiger partial charge in [0.2, 0.25) is 5.88 Å².